The van der Waals surface area contributed by atoms with Gasteiger partial charge in [-0.25, -0.2) is 0 Å². The third-order valence-electron chi connectivity index (χ3n) is 4.61. The minimum atomic E-state index is 0.656. The molecule has 0 amide bonds. The molecule has 2 aromatic heterocycles. The van der Waals surface area contributed by atoms with Gasteiger partial charge in [0.1, 0.15) is 0 Å². The number of nitriles is 2. The lowest BCUT2D eigenvalue weighted by molar-refractivity contribution is 1.36. The van der Waals surface area contributed by atoms with E-state index in [9.17, 15) is 10.5 Å². The van der Waals surface area contributed by atoms with Gasteiger partial charge in [0.25, 0.3) is 0 Å². The Bertz CT molecular complexity index is 1280. The maximum Gasteiger partial charge on any atom is 0.0991 e. The van der Waals surface area contributed by atoms with Crippen LogP contribution in [0.4, 0.5) is 0 Å². The number of aromatic nitrogens is 1. The van der Waals surface area contributed by atoms with Crippen LogP contribution in [0.5, 0.6) is 0 Å². The minimum Gasteiger partial charge on any atom is -0.308 e. The molecule has 3 nitrogen and oxygen atoms in total. The Morgan fingerprint density at radius 1 is 0.708 bits per heavy atom. The Balaban J connectivity index is 2.15. The topological polar surface area (TPSA) is 52.0 Å². The number of nitrogens with zero attached hydrogens (tertiary/aromatic N) is 3. The molecular weight excluding hydrogens is 362 g/mol. The van der Waals surface area contributed by atoms with E-state index in [1.807, 2.05) is 36.4 Å². The third-order valence-corrected chi connectivity index (χ3v) is 5.07. The predicted molar refractivity (Wildman–Crippen MR) is 98.2 cm³/mol. The van der Waals surface area contributed by atoms with Crippen molar-refractivity contribution in [2.75, 3.05) is 0 Å². The fourth-order valence-corrected chi connectivity index (χ4v) is 4.11. The van der Waals surface area contributed by atoms with Crippen LogP contribution in [0.25, 0.3) is 38.1 Å². The van der Waals surface area contributed by atoms with Gasteiger partial charge in [0.2, 0.25) is 0 Å². The summed E-state index contributed by atoms with van der Waals surface area (Å²) in [5, 5.41) is 22.8. The van der Waals surface area contributed by atoms with Crippen LogP contribution < -0.4 is 0 Å². The Labute approximate surface area is 145 Å². The average Bonchev–Trinajstić information content (AvgIpc) is 3.10. The van der Waals surface area contributed by atoms with Crippen molar-refractivity contribution >= 4 is 54.0 Å². The van der Waals surface area contributed by atoms with E-state index < -0.39 is 0 Å². The lowest BCUT2D eigenvalue weighted by atomic mass is 10.1. The molecule has 0 aliphatic carbocycles. The van der Waals surface area contributed by atoms with E-state index in [4.69, 9.17) is 0 Å². The first-order valence-corrected chi connectivity index (χ1v) is 8.23. The molecule has 0 fully saturated rings. The van der Waals surface area contributed by atoms with E-state index >= 15 is 0 Å². The zero-order chi connectivity index (χ0) is 16.4. The van der Waals surface area contributed by atoms with Crippen LogP contribution in [0.3, 0.4) is 0 Å². The predicted octanol–water partition coefficient (Wildman–Crippen LogP) is 5.34. The highest BCUT2D eigenvalue weighted by Crippen LogP contribution is 2.41. The molecule has 0 radical (unpaired) electrons. The van der Waals surface area contributed by atoms with E-state index in [2.05, 4.69) is 44.6 Å². The second-order valence-corrected chi connectivity index (χ2v) is 6.79. The summed E-state index contributed by atoms with van der Waals surface area (Å²) in [5.41, 5.74) is 4.60. The Hall–Kier alpha value is -3.08. The molecule has 24 heavy (non-hydrogen) atoms. The molecule has 0 unspecified atom stereocenters. The molecule has 0 bridgehead atoms. The molecule has 0 saturated carbocycles. The normalized spacial score (nSPS) is 11.5. The van der Waals surface area contributed by atoms with Crippen molar-refractivity contribution < 1.29 is 0 Å². The number of fused-ring (bicyclic) bond motifs is 6. The maximum atomic E-state index is 9.22. The molecule has 4 heteroatoms. The van der Waals surface area contributed by atoms with Crippen molar-refractivity contribution in [3.05, 3.63) is 64.1 Å². The highest BCUT2D eigenvalue weighted by Gasteiger charge is 2.18. The van der Waals surface area contributed by atoms with Crippen molar-refractivity contribution in [2.24, 2.45) is 0 Å². The SMILES string of the molecule is N#Cc1ccc2c(c1)c1cc(Br)cc3c4cc(C#N)ccc4n2c13. The molecule has 0 spiro atoms. The van der Waals surface area contributed by atoms with Crippen LogP contribution in [-0.4, -0.2) is 4.40 Å². The average molecular weight is 370 g/mol. The van der Waals surface area contributed by atoms with Crippen molar-refractivity contribution in [1.82, 2.24) is 4.40 Å². The van der Waals surface area contributed by atoms with Crippen molar-refractivity contribution in [3.8, 4) is 12.1 Å². The number of benzene rings is 3. The second kappa shape index (κ2) is 4.47. The van der Waals surface area contributed by atoms with E-state index in [1.165, 1.54) is 0 Å². The molecule has 0 aliphatic rings. The van der Waals surface area contributed by atoms with Gasteiger partial charge in [-0.1, -0.05) is 15.9 Å². The fraction of sp³-hybridized carbons (Fsp3) is 0. The Kier molecular flexibility index (Phi) is 2.49. The van der Waals surface area contributed by atoms with Crippen LogP contribution in [0, 0.1) is 22.7 Å². The molecule has 3 aromatic carbocycles. The molecule has 5 rings (SSSR count). The van der Waals surface area contributed by atoms with Crippen LogP contribution in [0.2, 0.25) is 0 Å². The number of rotatable bonds is 0. The molecule has 0 atom stereocenters. The zero-order valence-corrected chi connectivity index (χ0v) is 13.9. The van der Waals surface area contributed by atoms with Crippen molar-refractivity contribution in [1.29, 1.82) is 10.5 Å². The van der Waals surface area contributed by atoms with E-state index in [1.54, 1.807) is 0 Å². The molecule has 5 aromatic rings. The highest BCUT2D eigenvalue weighted by atomic mass is 79.9. The Morgan fingerprint density at radius 3 is 1.67 bits per heavy atom. The van der Waals surface area contributed by atoms with Crippen LogP contribution in [-0.2, 0) is 0 Å². The second-order valence-electron chi connectivity index (χ2n) is 5.87. The summed E-state index contributed by atoms with van der Waals surface area (Å²) < 4.78 is 3.21. The van der Waals surface area contributed by atoms with E-state index in [0.29, 0.717) is 11.1 Å². The van der Waals surface area contributed by atoms with Crippen LogP contribution in [0.15, 0.2) is 53.0 Å². The molecule has 0 N–H and O–H groups in total. The molecular formula is C20H8BrN3. The summed E-state index contributed by atoms with van der Waals surface area (Å²) in [6, 6.07) is 20.2. The molecule has 0 saturated heterocycles. The van der Waals surface area contributed by atoms with Gasteiger partial charge in [-0.3, -0.25) is 0 Å². The zero-order valence-electron chi connectivity index (χ0n) is 12.3. The first kappa shape index (κ1) is 13.4. The summed E-state index contributed by atoms with van der Waals surface area (Å²) >= 11 is 3.60. The standard InChI is InChI=1S/C20H8BrN3/c21-13-7-16-14-5-11(9-22)1-3-18(14)24-19-4-2-12(10-23)6-15(19)17(8-13)20(16)24/h1-8H. The van der Waals surface area contributed by atoms with Crippen molar-refractivity contribution in [2.45, 2.75) is 0 Å². The smallest absolute Gasteiger partial charge is 0.0991 e. The summed E-state index contributed by atoms with van der Waals surface area (Å²) in [6.07, 6.45) is 0. The maximum absolute atomic E-state index is 9.22. The largest absolute Gasteiger partial charge is 0.308 e. The first-order chi connectivity index (χ1) is 11.7. The quantitative estimate of drug-likeness (QED) is 0.369. The first-order valence-electron chi connectivity index (χ1n) is 7.44. The monoisotopic (exact) mass is 369 g/mol. The minimum absolute atomic E-state index is 0.656. The van der Waals surface area contributed by atoms with Gasteiger partial charge in [-0.2, -0.15) is 10.5 Å². The number of hydrogen-bond acceptors (Lipinski definition) is 2. The summed E-state index contributed by atoms with van der Waals surface area (Å²) in [6.45, 7) is 0. The lowest BCUT2D eigenvalue weighted by Gasteiger charge is -1.99. The number of halogens is 1. The summed E-state index contributed by atoms with van der Waals surface area (Å²) in [7, 11) is 0. The molecule has 0 aliphatic heterocycles. The van der Waals surface area contributed by atoms with Crippen molar-refractivity contribution in [3.63, 3.8) is 0 Å². The van der Waals surface area contributed by atoms with Crippen LogP contribution in [0.1, 0.15) is 11.1 Å². The fourth-order valence-electron chi connectivity index (χ4n) is 3.65. The van der Waals surface area contributed by atoms with Crippen LogP contribution >= 0.6 is 15.9 Å². The van der Waals surface area contributed by atoms with Gasteiger partial charge >= 0.3 is 0 Å². The highest BCUT2D eigenvalue weighted by molar-refractivity contribution is 9.10. The van der Waals surface area contributed by atoms with Gasteiger partial charge in [-0.05, 0) is 48.5 Å². The summed E-state index contributed by atoms with van der Waals surface area (Å²) in [5.74, 6) is 0. The summed E-state index contributed by atoms with van der Waals surface area (Å²) in [4.78, 5) is 0. The Morgan fingerprint density at radius 2 is 1.21 bits per heavy atom. The van der Waals surface area contributed by atoms with Gasteiger partial charge in [-0.15, -0.1) is 0 Å². The van der Waals surface area contributed by atoms with E-state index in [0.717, 1.165) is 42.6 Å². The van der Waals surface area contributed by atoms with E-state index in [-0.39, 0.29) is 0 Å². The molecule has 110 valence electrons. The van der Waals surface area contributed by atoms with Gasteiger partial charge in [0, 0.05) is 26.0 Å². The number of hydrogen-bond donors (Lipinski definition) is 0. The van der Waals surface area contributed by atoms with Gasteiger partial charge < -0.3 is 4.40 Å². The lowest BCUT2D eigenvalue weighted by Crippen LogP contribution is -1.82. The van der Waals surface area contributed by atoms with Gasteiger partial charge in [0.05, 0.1) is 39.8 Å². The molecule has 2 heterocycles. The third kappa shape index (κ3) is 1.53. The van der Waals surface area contributed by atoms with Gasteiger partial charge in [0.15, 0.2) is 0 Å².